The summed E-state index contributed by atoms with van der Waals surface area (Å²) in [7, 11) is -3.65. The van der Waals surface area contributed by atoms with Crippen molar-refractivity contribution in [3.63, 3.8) is 0 Å². The van der Waals surface area contributed by atoms with Crippen LogP contribution < -0.4 is 21.7 Å². The zero-order chi connectivity index (χ0) is 13.9. The Morgan fingerprint density at radius 2 is 1.21 bits per heavy atom. The van der Waals surface area contributed by atoms with Crippen LogP contribution in [0.15, 0.2) is 53.4 Å². The highest BCUT2D eigenvalue weighted by Crippen LogP contribution is 2.14. The summed E-state index contributed by atoms with van der Waals surface area (Å²) < 4.78 is 22.2. The van der Waals surface area contributed by atoms with Crippen LogP contribution in [0, 0.1) is 0 Å². The summed E-state index contributed by atoms with van der Waals surface area (Å²) in [5.41, 5.74) is 13.7. The van der Waals surface area contributed by atoms with E-state index >= 15 is 0 Å². The molecule has 0 aliphatic carbocycles. The number of hydrogen-bond acceptors (Lipinski definition) is 5. The first-order valence-electron chi connectivity index (χ1n) is 5.45. The van der Waals surface area contributed by atoms with E-state index in [0.29, 0.717) is 11.4 Å². The summed E-state index contributed by atoms with van der Waals surface area (Å²) >= 11 is 0. The van der Waals surface area contributed by atoms with Gasteiger partial charge in [0.15, 0.2) is 0 Å². The molecule has 0 heterocycles. The summed E-state index contributed by atoms with van der Waals surface area (Å²) in [6, 6.07) is 13.3. The summed E-state index contributed by atoms with van der Waals surface area (Å²) in [6.45, 7) is 0. The molecule has 0 amide bonds. The van der Waals surface area contributed by atoms with Crippen LogP contribution in [-0.4, -0.2) is 8.42 Å². The third-order valence-corrected chi connectivity index (χ3v) is 3.37. The van der Waals surface area contributed by atoms with Crippen LogP contribution in [0.1, 0.15) is 0 Å². The molecule has 0 aromatic heterocycles. The number of nitrogen functional groups attached to an aromatic ring is 1. The molecule has 2 aromatic rings. The van der Waals surface area contributed by atoms with Gasteiger partial charge in [0.1, 0.15) is 0 Å². The van der Waals surface area contributed by atoms with Crippen molar-refractivity contribution in [3.8, 4) is 0 Å². The first-order valence-corrected chi connectivity index (χ1v) is 7.00. The smallest absolute Gasteiger partial charge is 0.238 e. The summed E-state index contributed by atoms with van der Waals surface area (Å²) in [6.07, 6.45) is 0. The predicted molar refractivity (Wildman–Crippen MR) is 75.9 cm³/mol. The molecule has 6 nitrogen and oxygen atoms in total. The van der Waals surface area contributed by atoms with E-state index in [1.807, 2.05) is 12.1 Å². The minimum Gasteiger partial charge on any atom is -0.399 e. The van der Waals surface area contributed by atoms with Crippen molar-refractivity contribution in [1.82, 2.24) is 0 Å². The summed E-state index contributed by atoms with van der Waals surface area (Å²) in [5.74, 6) is 0. The van der Waals surface area contributed by atoms with E-state index in [9.17, 15) is 8.42 Å². The van der Waals surface area contributed by atoms with Gasteiger partial charge in [-0.2, -0.15) is 0 Å². The zero-order valence-corrected chi connectivity index (χ0v) is 10.8. The van der Waals surface area contributed by atoms with Gasteiger partial charge in [-0.1, -0.05) is 0 Å². The van der Waals surface area contributed by atoms with Crippen molar-refractivity contribution in [1.29, 1.82) is 0 Å². The van der Waals surface area contributed by atoms with Crippen molar-refractivity contribution in [2.24, 2.45) is 5.14 Å². The van der Waals surface area contributed by atoms with Crippen LogP contribution in [0.3, 0.4) is 0 Å². The van der Waals surface area contributed by atoms with Crippen LogP contribution in [-0.2, 0) is 10.0 Å². The topological polar surface area (TPSA) is 110 Å². The molecule has 6 N–H and O–H groups in total. The van der Waals surface area contributed by atoms with Crippen molar-refractivity contribution in [2.75, 3.05) is 16.6 Å². The van der Waals surface area contributed by atoms with E-state index < -0.39 is 10.0 Å². The van der Waals surface area contributed by atoms with Gasteiger partial charge in [0.05, 0.1) is 16.3 Å². The Hall–Kier alpha value is -2.25. The van der Waals surface area contributed by atoms with E-state index in [1.165, 1.54) is 12.1 Å². The Bertz CT molecular complexity index is 651. The molecule has 2 aromatic carbocycles. The van der Waals surface area contributed by atoms with Gasteiger partial charge in [0.2, 0.25) is 10.0 Å². The highest BCUT2D eigenvalue weighted by atomic mass is 32.2. The molecular weight excluding hydrogens is 264 g/mol. The Kier molecular flexibility index (Phi) is 3.59. The highest BCUT2D eigenvalue weighted by Gasteiger charge is 2.06. The average molecular weight is 278 g/mol. The first-order chi connectivity index (χ1) is 8.95. The normalized spacial score (nSPS) is 11.0. The lowest BCUT2D eigenvalue weighted by Gasteiger charge is -2.10. The van der Waals surface area contributed by atoms with Crippen LogP contribution in [0.25, 0.3) is 0 Å². The quantitative estimate of drug-likeness (QED) is 0.498. The second-order valence-electron chi connectivity index (χ2n) is 3.94. The molecule has 100 valence electrons. The Balaban J connectivity index is 2.02. The molecule has 0 saturated heterocycles. The fraction of sp³-hybridized carbons (Fsp3) is 0. The number of hydrogen-bond donors (Lipinski definition) is 4. The molecule has 7 heteroatoms. The molecule has 2 rings (SSSR count). The Labute approximate surface area is 111 Å². The average Bonchev–Trinajstić information content (AvgIpc) is 2.37. The van der Waals surface area contributed by atoms with Crippen molar-refractivity contribution < 1.29 is 8.42 Å². The van der Waals surface area contributed by atoms with E-state index in [2.05, 4.69) is 10.9 Å². The molecular formula is C12H14N4O2S. The van der Waals surface area contributed by atoms with E-state index in [1.54, 1.807) is 24.3 Å². The van der Waals surface area contributed by atoms with Crippen molar-refractivity contribution in [2.45, 2.75) is 4.90 Å². The molecule has 0 spiro atoms. The SMILES string of the molecule is Nc1ccc(NNc2ccc(S(N)(=O)=O)cc2)cc1. The maximum Gasteiger partial charge on any atom is 0.238 e. The maximum absolute atomic E-state index is 11.1. The second kappa shape index (κ2) is 5.17. The van der Waals surface area contributed by atoms with Gasteiger partial charge < -0.3 is 16.6 Å². The molecule has 0 radical (unpaired) electrons. The number of sulfonamides is 1. The van der Waals surface area contributed by atoms with Crippen molar-refractivity contribution >= 4 is 27.1 Å². The lowest BCUT2D eigenvalue weighted by atomic mass is 10.3. The minimum atomic E-state index is -3.65. The number of nitrogens with two attached hydrogens (primary N) is 2. The fourth-order valence-electron chi connectivity index (χ4n) is 1.44. The molecule has 0 atom stereocenters. The van der Waals surface area contributed by atoms with Crippen LogP contribution in [0.5, 0.6) is 0 Å². The lowest BCUT2D eigenvalue weighted by molar-refractivity contribution is 0.598. The predicted octanol–water partition coefficient (Wildman–Crippen LogP) is 1.36. The first kappa shape index (κ1) is 13.2. The number of hydrazine groups is 1. The maximum atomic E-state index is 11.1. The lowest BCUT2D eigenvalue weighted by Crippen LogP contribution is -2.12. The van der Waals surface area contributed by atoms with Gasteiger partial charge in [-0.3, -0.25) is 0 Å². The monoisotopic (exact) mass is 278 g/mol. The molecule has 0 fully saturated rings. The van der Waals surface area contributed by atoms with E-state index in [4.69, 9.17) is 10.9 Å². The third-order valence-electron chi connectivity index (χ3n) is 2.44. The fourth-order valence-corrected chi connectivity index (χ4v) is 1.95. The molecule has 0 saturated carbocycles. The van der Waals surface area contributed by atoms with Gasteiger partial charge in [0, 0.05) is 5.69 Å². The number of anilines is 3. The third kappa shape index (κ3) is 3.60. The molecule has 19 heavy (non-hydrogen) atoms. The number of rotatable bonds is 4. The minimum absolute atomic E-state index is 0.0746. The van der Waals surface area contributed by atoms with Gasteiger partial charge in [-0.25, -0.2) is 13.6 Å². The van der Waals surface area contributed by atoms with Crippen LogP contribution in [0.4, 0.5) is 17.1 Å². The number of benzene rings is 2. The number of primary sulfonamides is 1. The van der Waals surface area contributed by atoms with Crippen molar-refractivity contribution in [3.05, 3.63) is 48.5 Å². The Morgan fingerprint density at radius 1 is 0.789 bits per heavy atom. The largest absolute Gasteiger partial charge is 0.399 e. The summed E-state index contributed by atoms with van der Waals surface area (Å²) in [4.78, 5) is 0.0746. The highest BCUT2D eigenvalue weighted by molar-refractivity contribution is 7.89. The van der Waals surface area contributed by atoms with E-state index in [0.717, 1.165) is 5.69 Å². The van der Waals surface area contributed by atoms with Gasteiger partial charge in [0.25, 0.3) is 0 Å². The second-order valence-corrected chi connectivity index (χ2v) is 5.50. The van der Waals surface area contributed by atoms with Crippen LogP contribution >= 0.6 is 0 Å². The number of nitrogens with one attached hydrogen (secondary N) is 2. The van der Waals surface area contributed by atoms with Gasteiger partial charge >= 0.3 is 0 Å². The standard InChI is InChI=1S/C12H14N4O2S/c13-9-1-3-10(4-2-9)15-16-11-5-7-12(8-6-11)19(14,17)18/h1-8,15-16H,13H2,(H2,14,17,18). The Morgan fingerprint density at radius 3 is 1.63 bits per heavy atom. The van der Waals surface area contributed by atoms with Gasteiger partial charge in [-0.05, 0) is 48.5 Å². The summed E-state index contributed by atoms with van der Waals surface area (Å²) in [5, 5.41) is 5.01. The van der Waals surface area contributed by atoms with Crippen LogP contribution in [0.2, 0.25) is 0 Å². The molecule has 0 bridgehead atoms. The zero-order valence-electron chi connectivity index (χ0n) is 10.00. The van der Waals surface area contributed by atoms with E-state index in [-0.39, 0.29) is 4.90 Å². The molecule has 0 aliphatic heterocycles. The molecule has 0 unspecified atom stereocenters. The van der Waals surface area contributed by atoms with Gasteiger partial charge in [-0.15, -0.1) is 0 Å². The molecule has 0 aliphatic rings.